The van der Waals surface area contributed by atoms with E-state index in [1.54, 1.807) is 23.5 Å². The Balaban J connectivity index is 1.53. The fourth-order valence-electron chi connectivity index (χ4n) is 3.13. The third-order valence-corrected chi connectivity index (χ3v) is 5.31. The minimum absolute atomic E-state index is 0.257. The molecule has 132 valence electrons. The number of benzene rings is 1. The zero-order valence-electron chi connectivity index (χ0n) is 13.8. The van der Waals surface area contributed by atoms with Gasteiger partial charge >= 0.3 is 5.69 Å². The van der Waals surface area contributed by atoms with Gasteiger partial charge in [0.2, 0.25) is 0 Å². The number of para-hydroxylation sites is 1. The van der Waals surface area contributed by atoms with Gasteiger partial charge in [-0.05, 0) is 11.4 Å². The van der Waals surface area contributed by atoms with Crippen LogP contribution in [-0.2, 0) is 19.5 Å². The Kier molecular flexibility index (Phi) is 4.36. The van der Waals surface area contributed by atoms with Gasteiger partial charge in [-0.2, -0.15) is 0 Å². The van der Waals surface area contributed by atoms with E-state index in [9.17, 15) is 15.2 Å². The van der Waals surface area contributed by atoms with Crippen molar-refractivity contribution in [1.29, 1.82) is 0 Å². The average molecular weight is 368 g/mol. The van der Waals surface area contributed by atoms with Crippen molar-refractivity contribution in [2.24, 2.45) is 0 Å². The van der Waals surface area contributed by atoms with E-state index in [4.69, 9.17) is 0 Å². The number of thiophene rings is 1. The smallest absolute Gasteiger partial charge is 0.311 e. The maximum Gasteiger partial charge on any atom is 0.311 e. The molecule has 0 spiro atoms. The summed E-state index contributed by atoms with van der Waals surface area (Å²) in [6.45, 7) is 1.87. The van der Waals surface area contributed by atoms with Crippen molar-refractivity contribution in [3.05, 3.63) is 68.8 Å². The van der Waals surface area contributed by atoms with Gasteiger partial charge in [-0.1, -0.05) is 18.2 Å². The third-order valence-electron chi connectivity index (χ3n) is 4.44. The van der Waals surface area contributed by atoms with Crippen LogP contribution in [0, 0.1) is 10.1 Å². The zero-order valence-corrected chi connectivity index (χ0v) is 14.6. The van der Waals surface area contributed by atoms with Gasteiger partial charge in [0.05, 0.1) is 15.5 Å². The molecule has 0 bridgehead atoms. The number of fused-ring (bicyclic) bond motifs is 1. The number of aromatic nitrogens is 2. The molecule has 7 nitrogen and oxygen atoms in total. The van der Waals surface area contributed by atoms with Gasteiger partial charge < -0.3 is 5.11 Å². The first-order valence-corrected chi connectivity index (χ1v) is 9.06. The molecule has 0 saturated carbocycles. The molecular formula is C18H16N4O3S. The van der Waals surface area contributed by atoms with Gasteiger partial charge in [0.1, 0.15) is 0 Å². The van der Waals surface area contributed by atoms with Crippen molar-refractivity contribution in [3.63, 3.8) is 0 Å². The summed E-state index contributed by atoms with van der Waals surface area (Å²) in [5.74, 6) is 0.496. The summed E-state index contributed by atoms with van der Waals surface area (Å²) in [5, 5.41) is 23.1. The molecule has 1 aliphatic rings. The first-order valence-electron chi connectivity index (χ1n) is 8.18. The summed E-state index contributed by atoms with van der Waals surface area (Å²) < 4.78 is 0. The summed E-state index contributed by atoms with van der Waals surface area (Å²) in [5.41, 5.74) is 2.40. The largest absolute Gasteiger partial charge is 0.502 e. The van der Waals surface area contributed by atoms with Gasteiger partial charge in [0, 0.05) is 49.4 Å². The first kappa shape index (κ1) is 16.6. The summed E-state index contributed by atoms with van der Waals surface area (Å²) in [6.07, 6.45) is 2.64. The highest BCUT2D eigenvalue weighted by atomic mass is 32.1. The van der Waals surface area contributed by atoms with E-state index in [0.717, 1.165) is 34.9 Å². The molecule has 0 radical (unpaired) electrons. The molecule has 0 fully saturated rings. The summed E-state index contributed by atoms with van der Waals surface area (Å²) >= 11 is 1.62. The number of hydrogen-bond donors (Lipinski definition) is 1. The molecule has 4 rings (SSSR count). The third kappa shape index (κ3) is 3.16. The van der Waals surface area contributed by atoms with Crippen LogP contribution < -0.4 is 0 Å². The van der Waals surface area contributed by atoms with E-state index in [1.165, 1.54) is 6.07 Å². The number of nitro benzene ring substituents is 1. The number of nitrogens with zero attached hydrogens (tertiary/aromatic N) is 4. The van der Waals surface area contributed by atoms with E-state index in [-0.39, 0.29) is 11.4 Å². The number of aromatic hydroxyl groups is 1. The fourth-order valence-corrected chi connectivity index (χ4v) is 3.79. The molecule has 0 unspecified atom stereocenters. The van der Waals surface area contributed by atoms with Crippen LogP contribution in [0.25, 0.3) is 10.7 Å². The van der Waals surface area contributed by atoms with Gasteiger partial charge in [-0.25, -0.2) is 9.97 Å². The monoisotopic (exact) mass is 368 g/mol. The van der Waals surface area contributed by atoms with Gasteiger partial charge in [0.15, 0.2) is 11.6 Å². The highest BCUT2D eigenvalue weighted by Crippen LogP contribution is 2.31. The lowest BCUT2D eigenvalue weighted by Gasteiger charge is -2.28. The summed E-state index contributed by atoms with van der Waals surface area (Å²) in [7, 11) is 0. The molecule has 3 heterocycles. The highest BCUT2D eigenvalue weighted by Gasteiger charge is 2.22. The second kappa shape index (κ2) is 6.81. The quantitative estimate of drug-likeness (QED) is 0.561. The number of rotatable bonds is 4. The lowest BCUT2D eigenvalue weighted by Crippen LogP contribution is -2.31. The lowest BCUT2D eigenvalue weighted by molar-refractivity contribution is -0.385. The molecular weight excluding hydrogens is 352 g/mol. The molecule has 0 aliphatic carbocycles. The Morgan fingerprint density at radius 1 is 1.31 bits per heavy atom. The Morgan fingerprint density at radius 2 is 2.19 bits per heavy atom. The topological polar surface area (TPSA) is 92.4 Å². The Morgan fingerprint density at radius 3 is 2.96 bits per heavy atom. The summed E-state index contributed by atoms with van der Waals surface area (Å²) in [6, 6.07) is 8.61. The van der Waals surface area contributed by atoms with Crippen LogP contribution in [-0.4, -0.2) is 31.4 Å². The molecule has 3 aromatic rings. The van der Waals surface area contributed by atoms with E-state index >= 15 is 0 Å². The lowest BCUT2D eigenvalue weighted by atomic mass is 10.1. The Bertz CT molecular complexity index is 959. The maximum atomic E-state index is 11.0. The molecule has 1 aromatic carbocycles. The minimum Gasteiger partial charge on any atom is -0.502 e. The normalized spacial score (nSPS) is 14.2. The average Bonchev–Trinajstić information content (AvgIpc) is 3.17. The SMILES string of the molecule is O=[N+]([O-])c1cccc(CN2CCc3nc(-c4cccs4)ncc3C2)c1O. The Labute approximate surface area is 153 Å². The Hall–Kier alpha value is -2.84. The van der Waals surface area contributed by atoms with Crippen LogP contribution in [0.4, 0.5) is 5.69 Å². The van der Waals surface area contributed by atoms with Gasteiger partial charge in [0.25, 0.3) is 0 Å². The maximum absolute atomic E-state index is 11.0. The van der Waals surface area contributed by atoms with Crippen molar-refractivity contribution < 1.29 is 10.0 Å². The van der Waals surface area contributed by atoms with Crippen LogP contribution in [0.3, 0.4) is 0 Å². The van der Waals surface area contributed by atoms with E-state index in [0.29, 0.717) is 18.7 Å². The highest BCUT2D eigenvalue weighted by molar-refractivity contribution is 7.13. The summed E-state index contributed by atoms with van der Waals surface area (Å²) in [4.78, 5) is 22.7. The number of phenolic OH excluding ortho intramolecular Hbond substituents is 1. The van der Waals surface area contributed by atoms with Crippen molar-refractivity contribution in [2.75, 3.05) is 6.54 Å². The van der Waals surface area contributed by atoms with Crippen molar-refractivity contribution in [2.45, 2.75) is 19.5 Å². The van der Waals surface area contributed by atoms with Crippen LogP contribution in [0.1, 0.15) is 16.8 Å². The predicted octanol–water partition coefficient (Wildman–Crippen LogP) is 3.38. The van der Waals surface area contributed by atoms with Gasteiger partial charge in [-0.3, -0.25) is 15.0 Å². The molecule has 2 aromatic heterocycles. The van der Waals surface area contributed by atoms with E-state index in [1.807, 2.05) is 23.7 Å². The van der Waals surface area contributed by atoms with Crippen LogP contribution >= 0.6 is 11.3 Å². The van der Waals surface area contributed by atoms with Crippen molar-refractivity contribution in [3.8, 4) is 16.5 Å². The second-order valence-electron chi connectivity index (χ2n) is 6.15. The number of phenols is 1. The predicted molar refractivity (Wildman–Crippen MR) is 97.9 cm³/mol. The molecule has 26 heavy (non-hydrogen) atoms. The van der Waals surface area contributed by atoms with Gasteiger partial charge in [-0.15, -0.1) is 11.3 Å². The first-order chi connectivity index (χ1) is 12.6. The molecule has 1 aliphatic heterocycles. The zero-order chi connectivity index (χ0) is 18.1. The van der Waals surface area contributed by atoms with E-state index in [2.05, 4.69) is 14.9 Å². The number of nitro groups is 1. The van der Waals surface area contributed by atoms with E-state index < -0.39 is 4.92 Å². The standard InChI is InChI=1S/C18H16N4O3S/c23-17-12(3-1-4-15(17)22(24)25)10-21-7-6-14-13(11-21)9-19-18(20-14)16-5-2-8-26-16/h1-5,8-9,23H,6-7,10-11H2. The van der Waals surface area contributed by atoms with Crippen LogP contribution in [0.2, 0.25) is 0 Å². The minimum atomic E-state index is -0.565. The van der Waals surface area contributed by atoms with Crippen molar-refractivity contribution >= 4 is 17.0 Å². The molecule has 0 atom stereocenters. The fraction of sp³-hybridized carbons (Fsp3) is 0.222. The van der Waals surface area contributed by atoms with Crippen molar-refractivity contribution in [1.82, 2.24) is 14.9 Å². The second-order valence-corrected chi connectivity index (χ2v) is 7.09. The van der Waals surface area contributed by atoms with Crippen LogP contribution in [0.15, 0.2) is 41.9 Å². The molecule has 1 N–H and O–H groups in total. The van der Waals surface area contributed by atoms with Crippen LogP contribution in [0.5, 0.6) is 5.75 Å². The molecule has 0 amide bonds. The molecule has 8 heteroatoms. The molecule has 0 saturated heterocycles. The number of hydrogen-bond acceptors (Lipinski definition) is 7.